The number of rotatable bonds is 21. The highest BCUT2D eigenvalue weighted by atomic mass is 16.5. The number of unbranched alkanes of at least 4 members (excludes halogenated alkanes) is 10. The van der Waals surface area contributed by atoms with Gasteiger partial charge in [-0.1, -0.05) is 84.5 Å². The monoisotopic (exact) mass is 387 g/mol. The quantitative estimate of drug-likeness (QED) is 0.228. The van der Waals surface area contributed by atoms with E-state index in [2.05, 4.69) is 13.8 Å². The third-order valence-electron chi connectivity index (χ3n) is 5.09. The number of amides is 1. The Kier molecular flexibility index (Phi) is 19.6. The molecular formula is C22H45NO4. The highest BCUT2D eigenvalue weighted by Crippen LogP contribution is 2.14. The molecule has 2 N–H and O–H groups in total. The number of aliphatic hydroxyl groups is 2. The molecule has 0 aromatic rings. The highest BCUT2D eigenvalue weighted by Gasteiger charge is 2.13. The third kappa shape index (κ3) is 17.2. The maximum atomic E-state index is 10.8. The van der Waals surface area contributed by atoms with Gasteiger partial charge in [0, 0.05) is 13.1 Å². The first-order valence-corrected chi connectivity index (χ1v) is 11.3. The van der Waals surface area contributed by atoms with E-state index >= 15 is 0 Å². The molecule has 5 nitrogen and oxygen atoms in total. The molecule has 2 unspecified atom stereocenters. The minimum absolute atomic E-state index is 0.0945. The van der Waals surface area contributed by atoms with E-state index in [1.807, 2.05) is 0 Å². The Morgan fingerprint density at radius 1 is 0.926 bits per heavy atom. The summed E-state index contributed by atoms with van der Waals surface area (Å²) in [6.45, 7) is 4.97. The van der Waals surface area contributed by atoms with Crippen LogP contribution >= 0.6 is 0 Å². The van der Waals surface area contributed by atoms with E-state index in [9.17, 15) is 9.90 Å². The standard InChI is InChI=1S/C22H45NO4/c1-3-5-6-7-8-9-10-11-12-13-14-15-22(4-2)27-19-21(26)18-23(20-25)16-17-24/h20-22,24,26H,3-19H2,1-2H3. The van der Waals surface area contributed by atoms with Crippen molar-refractivity contribution in [1.29, 1.82) is 0 Å². The first-order chi connectivity index (χ1) is 13.2. The van der Waals surface area contributed by atoms with Crippen molar-refractivity contribution in [3.05, 3.63) is 0 Å². The lowest BCUT2D eigenvalue weighted by molar-refractivity contribution is -0.121. The molecule has 0 aromatic carbocycles. The van der Waals surface area contributed by atoms with Crippen molar-refractivity contribution in [2.45, 2.75) is 110 Å². The average molecular weight is 388 g/mol. The Morgan fingerprint density at radius 3 is 1.96 bits per heavy atom. The van der Waals surface area contributed by atoms with Crippen LogP contribution in [0, 0.1) is 0 Å². The summed E-state index contributed by atoms with van der Waals surface area (Å²) >= 11 is 0. The molecule has 0 aromatic heterocycles. The van der Waals surface area contributed by atoms with Gasteiger partial charge in [0.2, 0.25) is 6.41 Å². The summed E-state index contributed by atoms with van der Waals surface area (Å²) in [7, 11) is 0. The average Bonchev–Trinajstić information content (AvgIpc) is 2.68. The van der Waals surface area contributed by atoms with Crippen molar-refractivity contribution >= 4 is 6.41 Å². The molecule has 0 aliphatic carbocycles. The van der Waals surface area contributed by atoms with Gasteiger partial charge < -0.3 is 19.8 Å². The first kappa shape index (κ1) is 26.4. The smallest absolute Gasteiger partial charge is 0.209 e. The van der Waals surface area contributed by atoms with Gasteiger partial charge in [0.25, 0.3) is 0 Å². The molecule has 0 spiro atoms. The van der Waals surface area contributed by atoms with Gasteiger partial charge in [0.1, 0.15) is 0 Å². The summed E-state index contributed by atoms with van der Waals surface area (Å²) in [6.07, 6.45) is 16.9. The Hall–Kier alpha value is -0.650. The van der Waals surface area contributed by atoms with Gasteiger partial charge in [0.05, 0.1) is 25.4 Å². The van der Waals surface area contributed by atoms with Crippen LogP contribution in [0.5, 0.6) is 0 Å². The van der Waals surface area contributed by atoms with E-state index in [-0.39, 0.29) is 32.4 Å². The van der Waals surface area contributed by atoms with Gasteiger partial charge in [-0.2, -0.15) is 0 Å². The minimum atomic E-state index is -0.701. The van der Waals surface area contributed by atoms with Crippen LogP contribution in [-0.2, 0) is 9.53 Å². The van der Waals surface area contributed by atoms with E-state index in [0.717, 1.165) is 12.8 Å². The van der Waals surface area contributed by atoms with Crippen molar-refractivity contribution in [2.75, 3.05) is 26.3 Å². The van der Waals surface area contributed by atoms with Crippen LogP contribution in [0.25, 0.3) is 0 Å². The molecule has 1 amide bonds. The van der Waals surface area contributed by atoms with Crippen molar-refractivity contribution in [3.8, 4) is 0 Å². The molecule has 162 valence electrons. The van der Waals surface area contributed by atoms with Crippen LogP contribution in [0.15, 0.2) is 0 Å². The number of nitrogens with zero attached hydrogens (tertiary/aromatic N) is 1. The third-order valence-corrected chi connectivity index (χ3v) is 5.09. The molecule has 27 heavy (non-hydrogen) atoms. The number of hydrogen-bond acceptors (Lipinski definition) is 4. The van der Waals surface area contributed by atoms with Gasteiger partial charge in [-0.3, -0.25) is 4.79 Å². The van der Waals surface area contributed by atoms with Crippen LogP contribution in [-0.4, -0.2) is 60.0 Å². The Labute approximate surface area is 167 Å². The molecule has 0 saturated carbocycles. The fourth-order valence-corrected chi connectivity index (χ4v) is 3.33. The van der Waals surface area contributed by atoms with E-state index in [0.29, 0.717) is 6.41 Å². The number of hydrogen-bond donors (Lipinski definition) is 2. The number of carbonyl (C=O) groups excluding carboxylic acids is 1. The van der Waals surface area contributed by atoms with Gasteiger partial charge in [-0.15, -0.1) is 0 Å². The second kappa shape index (κ2) is 20.1. The lowest BCUT2D eigenvalue weighted by Crippen LogP contribution is -2.36. The lowest BCUT2D eigenvalue weighted by atomic mass is 10.0. The SMILES string of the molecule is CCCCCCCCCCCCCC(CC)OCC(O)CN(C=O)CCO. The highest BCUT2D eigenvalue weighted by molar-refractivity contribution is 5.46. The molecule has 0 fully saturated rings. The summed E-state index contributed by atoms with van der Waals surface area (Å²) in [5.74, 6) is 0. The van der Waals surface area contributed by atoms with Crippen molar-refractivity contribution in [1.82, 2.24) is 4.90 Å². The van der Waals surface area contributed by atoms with Crippen molar-refractivity contribution in [3.63, 3.8) is 0 Å². The molecule has 0 aliphatic rings. The zero-order valence-corrected chi connectivity index (χ0v) is 17.9. The molecule has 0 rings (SSSR count). The summed E-state index contributed by atoms with van der Waals surface area (Å²) in [5, 5.41) is 18.8. The Morgan fingerprint density at radius 2 is 1.48 bits per heavy atom. The van der Waals surface area contributed by atoms with Crippen LogP contribution < -0.4 is 0 Å². The second-order valence-corrected chi connectivity index (χ2v) is 7.67. The van der Waals surface area contributed by atoms with E-state index in [4.69, 9.17) is 9.84 Å². The molecule has 5 heteroatoms. The summed E-state index contributed by atoms with van der Waals surface area (Å²) in [5.41, 5.74) is 0. The lowest BCUT2D eigenvalue weighted by Gasteiger charge is -2.22. The topological polar surface area (TPSA) is 70.0 Å². The van der Waals surface area contributed by atoms with Gasteiger partial charge >= 0.3 is 0 Å². The fourth-order valence-electron chi connectivity index (χ4n) is 3.33. The van der Waals surface area contributed by atoms with E-state index in [1.165, 1.54) is 75.5 Å². The molecule has 0 bridgehead atoms. The van der Waals surface area contributed by atoms with Crippen LogP contribution in [0.1, 0.15) is 97.3 Å². The van der Waals surface area contributed by atoms with Crippen LogP contribution in [0.3, 0.4) is 0 Å². The second-order valence-electron chi connectivity index (χ2n) is 7.67. The predicted octanol–water partition coefficient (Wildman–Crippen LogP) is 4.29. The molecule has 0 heterocycles. The Bertz CT molecular complexity index is 315. The summed E-state index contributed by atoms with van der Waals surface area (Å²) < 4.78 is 5.81. The van der Waals surface area contributed by atoms with E-state index in [1.54, 1.807) is 0 Å². The summed E-state index contributed by atoms with van der Waals surface area (Å²) in [6, 6.07) is 0. The molecule has 2 atom stereocenters. The van der Waals surface area contributed by atoms with Gasteiger partial charge in [-0.25, -0.2) is 0 Å². The normalized spacial score (nSPS) is 13.5. The zero-order chi connectivity index (χ0) is 20.2. The van der Waals surface area contributed by atoms with Gasteiger partial charge in [-0.05, 0) is 12.8 Å². The zero-order valence-electron chi connectivity index (χ0n) is 17.9. The Balaban J connectivity index is 3.59. The fraction of sp³-hybridized carbons (Fsp3) is 0.955. The molecule has 0 aliphatic heterocycles. The molecular weight excluding hydrogens is 342 g/mol. The molecule has 0 saturated heterocycles. The van der Waals surface area contributed by atoms with Crippen molar-refractivity contribution < 1.29 is 19.7 Å². The minimum Gasteiger partial charge on any atom is -0.395 e. The maximum absolute atomic E-state index is 10.8. The van der Waals surface area contributed by atoms with Gasteiger partial charge in [0.15, 0.2) is 0 Å². The van der Waals surface area contributed by atoms with Crippen LogP contribution in [0.2, 0.25) is 0 Å². The maximum Gasteiger partial charge on any atom is 0.209 e. The van der Waals surface area contributed by atoms with E-state index < -0.39 is 6.10 Å². The van der Waals surface area contributed by atoms with Crippen LogP contribution in [0.4, 0.5) is 0 Å². The molecule has 0 radical (unpaired) electrons. The summed E-state index contributed by atoms with van der Waals surface area (Å²) in [4.78, 5) is 12.2. The number of carbonyl (C=O) groups is 1. The first-order valence-electron chi connectivity index (χ1n) is 11.3. The number of aliphatic hydroxyl groups excluding tert-OH is 2. The van der Waals surface area contributed by atoms with Crippen molar-refractivity contribution in [2.24, 2.45) is 0 Å². The number of ether oxygens (including phenoxy) is 1. The largest absolute Gasteiger partial charge is 0.395 e. The predicted molar refractivity (Wildman–Crippen MR) is 112 cm³/mol.